The molecule has 0 bridgehead atoms. The summed E-state index contributed by atoms with van der Waals surface area (Å²) in [5, 5.41) is 0.787. The average molecular weight is 301 g/mol. The lowest BCUT2D eigenvalue weighted by atomic mass is 10.0. The molecule has 0 fully saturated rings. The highest BCUT2D eigenvalue weighted by atomic mass is 35.5. The number of nitrogen functional groups attached to an aromatic ring is 1. The predicted molar refractivity (Wildman–Crippen MR) is 89.5 cm³/mol. The Kier molecular flexibility index (Phi) is 3.92. The van der Waals surface area contributed by atoms with Crippen molar-refractivity contribution in [3.05, 3.63) is 64.2 Å². The zero-order valence-corrected chi connectivity index (χ0v) is 13.3. The molecule has 0 amide bonds. The second-order valence-electron chi connectivity index (χ2n) is 5.91. The summed E-state index contributed by atoms with van der Waals surface area (Å²) in [6.07, 6.45) is 2.27. The van der Waals surface area contributed by atoms with Gasteiger partial charge in [-0.3, -0.25) is 4.90 Å². The third-order valence-electron chi connectivity index (χ3n) is 4.67. The number of halogens is 1. The van der Waals surface area contributed by atoms with E-state index in [0.717, 1.165) is 23.6 Å². The fraction of sp³-hybridized carbons (Fsp3) is 0.333. The van der Waals surface area contributed by atoms with Gasteiger partial charge in [-0.05, 0) is 67.8 Å². The SMILES string of the molecule is CC(c1ccc(Cl)cc1)N(C)C1CCc2cc(N)ccc21. The molecule has 2 atom stereocenters. The first-order valence-corrected chi connectivity index (χ1v) is 7.80. The molecule has 1 aliphatic carbocycles. The predicted octanol–water partition coefficient (Wildman–Crippen LogP) is 4.60. The van der Waals surface area contributed by atoms with E-state index >= 15 is 0 Å². The Bertz CT molecular complexity index is 636. The fourth-order valence-electron chi connectivity index (χ4n) is 3.28. The Labute approximate surface area is 131 Å². The largest absolute Gasteiger partial charge is 0.399 e. The lowest BCUT2D eigenvalue weighted by Crippen LogP contribution is -2.26. The van der Waals surface area contributed by atoms with E-state index in [1.807, 2.05) is 18.2 Å². The van der Waals surface area contributed by atoms with Crippen molar-refractivity contribution >= 4 is 17.3 Å². The maximum absolute atomic E-state index is 5.98. The van der Waals surface area contributed by atoms with Crippen LogP contribution in [0.3, 0.4) is 0 Å². The summed E-state index contributed by atoms with van der Waals surface area (Å²) in [7, 11) is 2.20. The second-order valence-corrected chi connectivity index (χ2v) is 6.34. The van der Waals surface area contributed by atoms with Gasteiger partial charge >= 0.3 is 0 Å². The monoisotopic (exact) mass is 300 g/mol. The van der Waals surface area contributed by atoms with E-state index in [9.17, 15) is 0 Å². The molecule has 0 aromatic heterocycles. The molecule has 3 heteroatoms. The Balaban J connectivity index is 1.83. The molecule has 110 valence electrons. The zero-order chi connectivity index (χ0) is 15.0. The number of fused-ring (bicyclic) bond motifs is 1. The number of nitrogens with zero attached hydrogens (tertiary/aromatic N) is 1. The van der Waals surface area contributed by atoms with Crippen molar-refractivity contribution in [2.75, 3.05) is 12.8 Å². The topological polar surface area (TPSA) is 29.3 Å². The lowest BCUT2D eigenvalue weighted by Gasteiger charge is -2.31. The van der Waals surface area contributed by atoms with Crippen LogP contribution in [0, 0.1) is 0 Å². The van der Waals surface area contributed by atoms with E-state index in [0.29, 0.717) is 12.1 Å². The van der Waals surface area contributed by atoms with Gasteiger partial charge in [-0.1, -0.05) is 29.8 Å². The van der Waals surface area contributed by atoms with Crippen molar-refractivity contribution in [1.29, 1.82) is 0 Å². The van der Waals surface area contributed by atoms with Crippen molar-refractivity contribution in [1.82, 2.24) is 4.90 Å². The highest BCUT2D eigenvalue weighted by Crippen LogP contribution is 2.39. The van der Waals surface area contributed by atoms with Crippen LogP contribution in [0.5, 0.6) is 0 Å². The molecule has 3 rings (SSSR count). The van der Waals surface area contributed by atoms with Crippen LogP contribution in [0.2, 0.25) is 5.02 Å². The van der Waals surface area contributed by atoms with Crippen LogP contribution in [0.4, 0.5) is 5.69 Å². The van der Waals surface area contributed by atoms with Crippen LogP contribution in [0.1, 0.15) is 42.1 Å². The van der Waals surface area contributed by atoms with E-state index < -0.39 is 0 Å². The maximum Gasteiger partial charge on any atom is 0.0406 e. The first kappa shape index (κ1) is 14.4. The number of aryl methyl sites for hydroxylation is 1. The van der Waals surface area contributed by atoms with Gasteiger partial charge < -0.3 is 5.73 Å². The third-order valence-corrected chi connectivity index (χ3v) is 4.92. The minimum absolute atomic E-state index is 0.357. The summed E-state index contributed by atoms with van der Waals surface area (Å²) < 4.78 is 0. The standard InChI is InChI=1S/C18H21ClN2/c1-12(13-3-6-15(19)7-4-13)21(2)18-10-5-14-11-16(20)8-9-17(14)18/h3-4,6-9,11-12,18H,5,10,20H2,1-2H3. The Morgan fingerprint density at radius 1 is 1.19 bits per heavy atom. The van der Waals surface area contributed by atoms with Crippen LogP contribution in [0.25, 0.3) is 0 Å². The van der Waals surface area contributed by atoms with Crippen molar-refractivity contribution in [2.45, 2.75) is 31.8 Å². The smallest absolute Gasteiger partial charge is 0.0406 e. The second kappa shape index (κ2) is 5.70. The molecule has 0 saturated carbocycles. The molecule has 2 N–H and O–H groups in total. The summed E-state index contributed by atoms with van der Waals surface area (Å²) in [6, 6.07) is 15.3. The van der Waals surface area contributed by atoms with Gasteiger partial charge in [0, 0.05) is 22.8 Å². The van der Waals surface area contributed by atoms with Crippen LogP contribution in [-0.2, 0) is 6.42 Å². The summed E-state index contributed by atoms with van der Waals surface area (Å²) in [6.45, 7) is 2.25. The molecule has 21 heavy (non-hydrogen) atoms. The van der Waals surface area contributed by atoms with Gasteiger partial charge in [0.1, 0.15) is 0 Å². The van der Waals surface area contributed by atoms with Crippen LogP contribution < -0.4 is 5.73 Å². The van der Waals surface area contributed by atoms with Crippen molar-refractivity contribution in [3.8, 4) is 0 Å². The molecule has 2 nitrogen and oxygen atoms in total. The van der Waals surface area contributed by atoms with Gasteiger partial charge in [0.15, 0.2) is 0 Å². The Hall–Kier alpha value is -1.51. The van der Waals surface area contributed by atoms with E-state index in [-0.39, 0.29) is 0 Å². The minimum atomic E-state index is 0.357. The quantitative estimate of drug-likeness (QED) is 0.839. The molecule has 0 radical (unpaired) electrons. The van der Waals surface area contributed by atoms with Gasteiger partial charge in [-0.2, -0.15) is 0 Å². The highest BCUT2D eigenvalue weighted by Gasteiger charge is 2.28. The molecular weight excluding hydrogens is 280 g/mol. The van der Waals surface area contributed by atoms with Gasteiger partial charge in [-0.15, -0.1) is 0 Å². The Morgan fingerprint density at radius 2 is 1.90 bits per heavy atom. The average Bonchev–Trinajstić information content (AvgIpc) is 2.89. The molecular formula is C18H21ClN2. The molecule has 0 heterocycles. The van der Waals surface area contributed by atoms with E-state index in [4.69, 9.17) is 17.3 Å². The number of anilines is 1. The summed E-state index contributed by atoms with van der Waals surface area (Å²) >= 11 is 5.98. The lowest BCUT2D eigenvalue weighted by molar-refractivity contribution is 0.185. The maximum atomic E-state index is 5.98. The highest BCUT2D eigenvalue weighted by molar-refractivity contribution is 6.30. The molecule has 0 aliphatic heterocycles. The molecule has 2 aromatic rings. The Morgan fingerprint density at radius 3 is 2.62 bits per heavy atom. The van der Waals surface area contributed by atoms with Crippen molar-refractivity contribution in [2.24, 2.45) is 0 Å². The fourth-order valence-corrected chi connectivity index (χ4v) is 3.41. The minimum Gasteiger partial charge on any atom is -0.399 e. The number of hydrogen-bond donors (Lipinski definition) is 1. The normalized spacial score (nSPS) is 18.8. The number of hydrogen-bond acceptors (Lipinski definition) is 2. The van der Waals surface area contributed by atoms with Gasteiger partial charge in [0.25, 0.3) is 0 Å². The molecule has 2 aromatic carbocycles. The molecule has 1 aliphatic rings. The van der Waals surface area contributed by atoms with Gasteiger partial charge in [0.05, 0.1) is 0 Å². The number of nitrogens with two attached hydrogens (primary N) is 1. The van der Waals surface area contributed by atoms with Gasteiger partial charge in [-0.25, -0.2) is 0 Å². The first-order chi connectivity index (χ1) is 10.1. The number of benzene rings is 2. The molecule has 0 saturated heterocycles. The van der Waals surface area contributed by atoms with Crippen LogP contribution in [0.15, 0.2) is 42.5 Å². The summed E-state index contributed by atoms with van der Waals surface area (Å²) in [5.74, 6) is 0. The van der Waals surface area contributed by atoms with Crippen molar-refractivity contribution < 1.29 is 0 Å². The molecule has 2 unspecified atom stereocenters. The summed E-state index contributed by atoms with van der Waals surface area (Å²) in [5.41, 5.74) is 10.9. The van der Waals surface area contributed by atoms with Crippen molar-refractivity contribution in [3.63, 3.8) is 0 Å². The number of rotatable bonds is 3. The van der Waals surface area contributed by atoms with Gasteiger partial charge in [0.2, 0.25) is 0 Å². The first-order valence-electron chi connectivity index (χ1n) is 7.42. The third kappa shape index (κ3) is 2.78. The van der Waals surface area contributed by atoms with Crippen LogP contribution >= 0.6 is 11.6 Å². The molecule has 0 spiro atoms. The van der Waals surface area contributed by atoms with E-state index in [1.54, 1.807) is 0 Å². The van der Waals surface area contributed by atoms with E-state index in [2.05, 4.69) is 43.1 Å². The summed E-state index contributed by atoms with van der Waals surface area (Å²) in [4.78, 5) is 2.45. The van der Waals surface area contributed by atoms with E-state index in [1.165, 1.54) is 16.7 Å². The zero-order valence-electron chi connectivity index (χ0n) is 12.5. The van der Waals surface area contributed by atoms with Crippen LogP contribution in [-0.4, -0.2) is 11.9 Å².